The molecule has 1 heterocycles. The third-order valence-corrected chi connectivity index (χ3v) is 4.69. The number of ether oxygens (including phenoxy) is 4. The van der Waals surface area contributed by atoms with E-state index in [0.717, 1.165) is 16.1 Å². The van der Waals surface area contributed by atoms with Crippen LogP contribution in [0.5, 0.6) is 23.0 Å². The van der Waals surface area contributed by atoms with Crippen molar-refractivity contribution < 1.29 is 27.7 Å². The molecule has 0 aliphatic rings. The molecule has 0 aliphatic carbocycles. The Morgan fingerprint density at radius 1 is 0.926 bits per heavy atom. The molecule has 0 bridgehead atoms. The van der Waals surface area contributed by atoms with E-state index in [1.165, 1.54) is 24.5 Å². The van der Waals surface area contributed by atoms with Crippen LogP contribution < -0.4 is 18.9 Å². The topological polar surface area (TPSA) is 49.8 Å². The summed E-state index contributed by atoms with van der Waals surface area (Å²) in [7, 11) is 4.54. The van der Waals surface area contributed by atoms with E-state index in [2.05, 4.69) is 9.72 Å². The van der Waals surface area contributed by atoms with E-state index in [9.17, 15) is 8.78 Å². The molecule has 0 unspecified atom stereocenters. The number of methoxy groups -OCH3 is 3. The van der Waals surface area contributed by atoms with Crippen molar-refractivity contribution in [2.45, 2.75) is 6.61 Å². The number of benzene rings is 2. The van der Waals surface area contributed by atoms with Gasteiger partial charge in [-0.2, -0.15) is 8.78 Å². The van der Waals surface area contributed by atoms with Gasteiger partial charge in [-0.15, -0.1) is 11.3 Å². The molecule has 3 rings (SSSR count). The van der Waals surface area contributed by atoms with Crippen LogP contribution in [0.4, 0.5) is 8.78 Å². The summed E-state index contributed by atoms with van der Waals surface area (Å²) >= 11 is 1.44. The van der Waals surface area contributed by atoms with Crippen LogP contribution in [0.1, 0.15) is 0 Å². The standard InChI is InChI=1S/C19H17F2NO4S/c1-23-15-6-4-5-12(17(15)25-3)18-22-13(10-27-18)11-7-8-14(26-19(20)21)16(9-11)24-2/h4-10,19H,1-3H3. The van der Waals surface area contributed by atoms with Gasteiger partial charge in [-0.3, -0.25) is 0 Å². The molecule has 8 heteroatoms. The van der Waals surface area contributed by atoms with Gasteiger partial charge in [0.25, 0.3) is 0 Å². The Balaban J connectivity index is 1.97. The lowest BCUT2D eigenvalue weighted by Gasteiger charge is -2.11. The van der Waals surface area contributed by atoms with Crippen LogP contribution in [0.25, 0.3) is 21.8 Å². The first-order valence-electron chi connectivity index (χ1n) is 7.87. The zero-order chi connectivity index (χ0) is 19.4. The third kappa shape index (κ3) is 3.95. The maximum Gasteiger partial charge on any atom is 0.387 e. The van der Waals surface area contributed by atoms with Crippen molar-refractivity contribution in [3.8, 4) is 44.8 Å². The van der Waals surface area contributed by atoms with Crippen molar-refractivity contribution in [3.05, 3.63) is 41.8 Å². The minimum absolute atomic E-state index is 0.0267. The van der Waals surface area contributed by atoms with Crippen molar-refractivity contribution in [2.24, 2.45) is 0 Å². The first kappa shape index (κ1) is 18.9. The smallest absolute Gasteiger partial charge is 0.387 e. The number of hydrogen-bond acceptors (Lipinski definition) is 6. The van der Waals surface area contributed by atoms with Gasteiger partial charge in [0.15, 0.2) is 23.0 Å². The Labute approximate surface area is 159 Å². The lowest BCUT2D eigenvalue weighted by molar-refractivity contribution is -0.0512. The number of halogens is 2. The highest BCUT2D eigenvalue weighted by molar-refractivity contribution is 7.13. The summed E-state index contributed by atoms with van der Waals surface area (Å²) in [6, 6.07) is 10.3. The molecule has 1 aromatic heterocycles. The van der Waals surface area contributed by atoms with Crippen LogP contribution >= 0.6 is 11.3 Å². The van der Waals surface area contributed by atoms with E-state index >= 15 is 0 Å². The van der Waals surface area contributed by atoms with Crippen LogP contribution in [-0.4, -0.2) is 32.9 Å². The summed E-state index contributed by atoms with van der Waals surface area (Å²) in [5.74, 6) is 1.39. The summed E-state index contributed by atoms with van der Waals surface area (Å²) < 4.78 is 45.3. The Hall–Kier alpha value is -2.87. The molecule has 142 valence electrons. The van der Waals surface area contributed by atoms with Crippen molar-refractivity contribution in [2.75, 3.05) is 21.3 Å². The molecule has 0 N–H and O–H groups in total. The summed E-state index contributed by atoms with van der Waals surface area (Å²) in [6.45, 7) is -2.92. The third-order valence-electron chi connectivity index (χ3n) is 3.81. The minimum atomic E-state index is -2.92. The average molecular weight is 393 g/mol. The van der Waals surface area contributed by atoms with E-state index in [1.807, 2.05) is 23.6 Å². The summed E-state index contributed by atoms with van der Waals surface area (Å²) in [6.07, 6.45) is 0. The molecule has 0 saturated carbocycles. The van der Waals surface area contributed by atoms with Gasteiger partial charge in [0.2, 0.25) is 0 Å². The fourth-order valence-electron chi connectivity index (χ4n) is 2.61. The number of para-hydroxylation sites is 1. The van der Waals surface area contributed by atoms with Crippen molar-refractivity contribution in [1.82, 2.24) is 4.98 Å². The highest BCUT2D eigenvalue weighted by atomic mass is 32.1. The van der Waals surface area contributed by atoms with E-state index in [1.54, 1.807) is 26.4 Å². The maximum absolute atomic E-state index is 12.5. The Kier molecular flexibility index (Phi) is 5.75. The molecule has 0 radical (unpaired) electrons. The minimum Gasteiger partial charge on any atom is -0.493 e. The van der Waals surface area contributed by atoms with Crippen LogP contribution in [0, 0.1) is 0 Å². The van der Waals surface area contributed by atoms with Crippen LogP contribution in [0.3, 0.4) is 0 Å². The maximum atomic E-state index is 12.5. The summed E-state index contributed by atoms with van der Waals surface area (Å²) in [5, 5.41) is 2.61. The fourth-order valence-corrected chi connectivity index (χ4v) is 3.46. The molecule has 3 aromatic rings. The van der Waals surface area contributed by atoms with Crippen LogP contribution in [0.15, 0.2) is 41.8 Å². The van der Waals surface area contributed by atoms with Gasteiger partial charge in [0.05, 0.1) is 32.6 Å². The zero-order valence-corrected chi connectivity index (χ0v) is 15.7. The summed E-state index contributed by atoms with van der Waals surface area (Å²) in [5.41, 5.74) is 2.21. The quantitative estimate of drug-likeness (QED) is 0.559. The highest BCUT2D eigenvalue weighted by Crippen LogP contribution is 2.41. The van der Waals surface area contributed by atoms with E-state index < -0.39 is 6.61 Å². The first-order valence-corrected chi connectivity index (χ1v) is 8.75. The molecule has 27 heavy (non-hydrogen) atoms. The monoisotopic (exact) mass is 393 g/mol. The van der Waals surface area contributed by atoms with Gasteiger partial charge in [0, 0.05) is 10.9 Å². The molecular formula is C19H17F2NO4S. The van der Waals surface area contributed by atoms with Gasteiger partial charge in [-0.25, -0.2) is 4.98 Å². The average Bonchev–Trinajstić information content (AvgIpc) is 3.17. The molecule has 0 fully saturated rings. The second kappa shape index (κ2) is 8.22. The van der Waals surface area contributed by atoms with Crippen LogP contribution in [0.2, 0.25) is 0 Å². The molecule has 0 amide bonds. The normalized spacial score (nSPS) is 10.7. The second-order valence-electron chi connectivity index (χ2n) is 5.32. The predicted molar refractivity (Wildman–Crippen MR) is 99.3 cm³/mol. The number of alkyl halides is 2. The number of rotatable bonds is 7. The van der Waals surface area contributed by atoms with E-state index in [-0.39, 0.29) is 11.5 Å². The highest BCUT2D eigenvalue weighted by Gasteiger charge is 2.17. The molecule has 2 aromatic carbocycles. The molecule has 0 aliphatic heterocycles. The van der Waals surface area contributed by atoms with Gasteiger partial charge in [-0.1, -0.05) is 6.07 Å². The lowest BCUT2D eigenvalue weighted by Crippen LogP contribution is -2.03. The largest absolute Gasteiger partial charge is 0.493 e. The van der Waals surface area contributed by atoms with Gasteiger partial charge >= 0.3 is 6.61 Å². The van der Waals surface area contributed by atoms with Crippen LogP contribution in [-0.2, 0) is 0 Å². The molecular weight excluding hydrogens is 376 g/mol. The number of thiazole rings is 1. The van der Waals surface area contributed by atoms with E-state index in [4.69, 9.17) is 14.2 Å². The van der Waals surface area contributed by atoms with Gasteiger partial charge < -0.3 is 18.9 Å². The van der Waals surface area contributed by atoms with Gasteiger partial charge in [-0.05, 0) is 30.3 Å². The Morgan fingerprint density at radius 3 is 2.37 bits per heavy atom. The molecule has 0 spiro atoms. The first-order chi connectivity index (χ1) is 13.1. The van der Waals surface area contributed by atoms with E-state index in [0.29, 0.717) is 17.2 Å². The molecule has 0 saturated heterocycles. The molecule has 0 atom stereocenters. The Bertz CT molecular complexity index is 930. The number of hydrogen-bond donors (Lipinski definition) is 0. The summed E-state index contributed by atoms with van der Waals surface area (Å²) in [4.78, 5) is 4.64. The number of aromatic nitrogens is 1. The van der Waals surface area contributed by atoms with Crippen molar-refractivity contribution in [1.29, 1.82) is 0 Å². The van der Waals surface area contributed by atoms with Crippen molar-refractivity contribution in [3.63, 3.8) is 0 Å². The van der Waals surface area contributed by atoms with Crippen molar-refractivity contribution >= 4 is 11.3 Å². The number of nitrogens with zero attached hydrogens (tertiary/aromatic N) is 1. The predicted octanol–water partition coefficient (Wildman–Crippen LogP) is 5.10. The Morgan fingerprint density at radius 2 is 1.70 bits per heavy atom. The van der Waals surface area contributed by atoms with Gasteiger partial charge in [0.1, 0.15) is 5.01 Å². The lowest BCUT2D eigenvalue weighted by atomic mass is 10.1. The SMILES string of the molecule is COc1cc(-c2csc(-c3cccc(OC)c3OC)n2)ccc1OC(F)F. The zero-order valence-electron chi connectivity index (χ0n) is 14.9. The molecule has 5 nitrogen and oxygen atoms in total. The second-order valence-corrected chi connectivity index (χ2v) is 6.18. The fraction of sp³-hybridized carbons (Fsp3) is 0.211.